The molecule has 0 rings (SSSR count). The highest BCUT2D eigenvalue weighted by Crippen LogP contribution is 2.30. The van der Waals surface area contributed by atoms with Crippen molar-refractivity contribution in [2.75, 3.05) is 19.3 Å². The molecule has 0 heterocycles. The van der Waals surface area contributed by atoms with Crippen LogP contribution in [-0.2, 0) is 19.6 Å². The van der Waals surface area contributed by atoms with Gasteiger partial charge in [-0.25, -0.2) is 13.1 Å². The van der Waals surface area contributed by atoms with Crippen molar-refractivity contribution >= 4 is 21.9 Å². The maximum absolute atomic E-state index is 11.7. The van der Waals surface area contributed by atoms with E-state index in [1.54, 1.807) is 13.8 Å². The van der Waals surface area contributed by atoms with Crippen LogP contribution < -0.4 is 10.0 Å². The molecule has 0 saturated heterocycles. The minimum Gasteiger partial charge on any atom is -0.481 e. The Morgan fingerprint density at radius 2 is 1.70 bits per heavy atom. The number of amides is 1. The highest BCUT2D eigenvalue weighted by molar-refractivity contribution is 7.88. The lowest BCUT2D eigenvalue weighted by molar-refractivity contribution is -0.152. The summed E-state index contributed by atoms with van der Waals surface area (Å²) >= 11 is 0. The van der Waals surface area contributed by atoms with Gasteiger partial charge in [-0.2, -0.15) is 0 Å². The number of nitrogens with one attached hydrogen (secondary N) is 2. The van der Waals surface area contributed by atoms with Gasteiger partial charge in [-0.05, 0) is 19.3 Å². The lowest BCUT2D eigenvalue weighted by Crippen LogP contribution is -2.37. The Hall–Kier alpha value is -1.15. The van der Waals surface area contributed by atoms with E-state index in [1.165, 1.54) is 0 Å². The smallest absolute Gasteiger partial charge is 0.310 e. The van der Waals surface area contributed by atoms with E-state index in [4.69, 9.17) is 0 Å². The van der Waals surface area contributed by atoms with Crippen LogP contribution in [-0.4, -0.2) is 44.7 Å². The van der Waals surface area contributed by atoms with Crippen LogP contribution in [0.1, 0.15) is 39.5 Å². The molecule has 1 amide bonds. The molecule has 0 atom stereocenters. The Balaban J connectivity index is 4.13. The molecule has 8 heteroatoms. The van der Waals surface area contributed by atoms with Crippen molar-refractivity contribution < 1.29 is 23.1 Å². The van der Waals surface area contributed by atoms with Crippen LogP contribution in [0.5, 0.6) is 0 Å². The van der Waals surface area contributed by atoms with Crippen LogP contribution in [0.4, 0.5) is 0 Å². The molecule has 0 unspecified atom stereocenters. The highest BCUT2D eigenvalue weighted by atomic mass is 32.2. The molecule has 0 bridgehead atoms. The molecule has 0 saturated carbocycles. The molecular weight excluding hydrogens is 284 g/mol. The zero-order valence-corrected chi connectivity index (χ0v) is 13.0. The summed E-state index contributed by atoms with van der Waals surface area (Å²) in [7, 11) is -3.21. The van der Waals surface area contributed by atoms with Crippen molar-refractivity contribution in [2.45, 2.75) is 39.5 Å². The van der Waals surface area contributed by atoms with E-state index in [-0.39, 0.29) is 18.9 Å². The average molecular weight is 308 g/mol. The second kappa shape index (κ2) is 8.21. The van der Waals surface area contributed by atoms with Gasteiger partial charge in [0.15, 0.2) is 0 Å². The average Bonchev–Trinajstić information content (AvgIpc) is 2.33. The van der Waals surface area contributed by atoms with E-state index >= 15 is 0 Å². The number of hydrogen-bond donors (Lipinski definition) is 3. The minimum absolute atomic E-state index is 0.0607. The number of carbonyl (C=O) groups is 2. The maximum atomic E-state index is 11.7. The fourth-order valence-corrected chi connectivity index (χ4v) is 2.34. The van der Waals surface area contributed by atoms with Gasteiger partial charge in [0.2, 0.25) is 15.9 Å². The number of carboxylic acids is 1. The third-order valence-corrected chi connectivity index (χ3v) is 4.07. The summed E-state index contributed by atoms with van der Waals surface area (Å²) in [5.41, 5.74) is -1.02. The third kappa shape index (κ3) is 6.85. The number of rotatable bonds is 10. The first kappa shape index (κ1) is 18.9. The number of aliphatic carboxylic acids is 1. The molecule has 0 aliphatic heterocycles. The number of hydrogen-bond acceptors (Lipinski definition) is 4. The fourth-order valence-electron chi connectivity index (χ4n) is 1.82. The van der Waals surface area contributed by atoms with Crippen molar-refractivity contribution in [3.8, 4) is 0 Å². The summed E-state index contributed by atoms with van der Waals surface area (Å²) in [6.45, 7) is 4.05. The van der Waals surface area contributed by atoms with E-state index in [1.807, 2.05) is 0 Å². The van der Waals surface area contributed by atoms with Crippen molar-refractivity contribution in [1.82, 2.24) is 10.0 Å². The minimum atomic E-state index is -3.21. The molecule has 0 radical (unpaired) electrons. The van der Waals surface area contributed by atoms with Crippen molar-refractivity contribution in [3.05, 3.63) is 0 Å². The predicted octanol–water partition coefficient (Wildman–Crippen LogP) is 0.323. The van der Waals surface area contributed by atoms with Gasteiger partial charge < -0.3 is 10.4 Å². The molecular formula is C12H24N2O5S. The van der Waals surface area contributed by atoms with Gasteiger partial charge in [0.25, 0.3) is 0 Å². The highest BCUT2D eigenvalue weighted by Gasteiger charge is 2.36. The predicted molar refractivity (Wildman–Crippen MR) is 75.7 cm³/mol. The molecule has 0 fully saturated rings. The number of carbonyl (C=O) groups excluding carboxylic acids is 1. The van der Waals surface area contributed by atoms with Crippen LogP contribution in [0.2, 0.25) is 0 Å². The molecule has 7 nitrogen and oxygen atoms in total. The Bertz CT molecular complexity index is 429. The van der Waals surface area contributed by atoms with E-state index in [0.717, 1.165) is 6.26 Å². The fraction of sp³-hybridized carbons (Fsp3) is 0.833. The molecule has 0 aliphatic rings. The molecule has 20 heavy (non-hydrogen) atoms. The molecule has 0 spiro atoms. The van der Waals surface area contributed by atoms with Crippen molar-refractivity contribution in [3.63, 3.8) is 0 Å². The van der Waals surface area contributed by atoms with Crippen LogP contribution in [0.3, 0.4) is 0 Å². The van der Waals surface area contributed by atoms with Gasteiger partial charge in [-0.3, -0.25) is 9.59 Å². The molecule has 0 aromatic heterocycles. The van der Waals surface area contributed by atoms with Crippen molar-refractivity contribution in [1.29, 1.82) is 0 Å². The Labute approximate surface area is 120 Å². The van der Waals surface area contributed by atoms with Crippen LogP contribution in [0, 0.1) is 5.41 Å². The van der Waals surface area contributed by atoms with Crippen LogP contribution in [0.25, 0.3) is 0 Å². The van der Waals surface area contributed by atoms with E-state index in [0.29, 0.717) is 25.8 Å². The topological polar surface area (TPSA) is 113 Å². The van der Waals surface area contributed by atoms with E-state index in [9.17, 15) is 23.1 Å². The zero-order valence-electron chi connectivity index (χ0n) is 12.2. The lowest BCUT2D eigenvalue weighted by atomic mass is 9.79. The summed E-state index contributed by atoms with van der Waals surface area (Å²) in [5, 5.41) is 11.8. The summed E-state index contributed by atoms with van der Waals surface area (Å²) in [4.78, 5) is 23.0. The largest absolute Gasteiger partial charge is 0.481 e. The van der Waals surface area contributed by atoms with Gasteiger partial charge in [0.1, 0.15) is 0 Å². The van der Waals surface area contributed by atoms with E-state index < -0.39 is 21.4 Å². The van der Waals surface area contributed by atoms with E-state index in [2.05, 4.69) is 10.0 Å². The molecule has 118 valence electrons. The van der Waals surface area contributed by atoms with Gasteiger partial charge in [-0.15, -0.1) is 0 Å². The van der Waals surface area contributed by atoms with Gasteiger partial charge in [0.05, 0.1) is 11.7 Å². The first-order valence-corrected chi connectivity index (χ1v) is 8.50. The first-order chi connectivity index (χ1) is 9.17. The Morgan fingerprint density at radius 1 is 1.15 bits per heavy atom. The first-order valence-electron chi connectivity index (χ1n) is 6.61. The SMILES string of the molecule is CCC(CC)(CC(=O)NCCCNS(C)(=O)=O)C(=O)O. The molecule has 0 aromatic carbocycles. The summed E-state index contributed by atoms with van der Waals surface area (Å²) in [6.07, 6.45) is 2.24. The number of carboxylic acid groups (broad SMARTS) is 1. The molecule has 3 N–H and O–H groups in total. The van der Waals surface area contributed by atoms with Crippen LogP contribution >= 0.6 is 0 Å². The third-order valence-electron chi connectivity index (χ3n) is 3.35. The normalized spacial score (nSPS) is 12.2. The summed E-state index contributed by atoms with van der Waals surface area (Å²) < 4.78 is 23.9. The molecule has 0 aliphatic carbocycles. The standard InChI is InChI=1S/C12H24N2O5S/c1-4-12(5-2,11(16)17)9-10(15)13-7-6-8-14-20(3,18)19/h14H,4-9H2,1-3H3,(H,13,15)(H,16,17). The Kier molecular flexibility index (Phi) is 7.74. The monoisotopic (exact) mass is 308 g/mol. The second-order valence-electron chi connectivity index (χ2n) is 4.84. The summed E-state index contributed by atoms with van der Waals surface area (Å²) in [5.74, 6) is -1.29. The van der Waals surface area contributed by atoms with Crippen molar-refractivity contribution in [2.24, 2.45) is 5.41 Å². The quantitative estimate of drug-likeness (QED) is 0.503. The zero-order chi connectivity index (χ0) is 15.8. The summed E-state index contributed by atoms with van der Waals surface area (Å²) in [6, 6.07) is 0. The second-order valence-corrected chi connectivity index (χ2v) is 6.67. The van der Waals surface area contributed by atoms with Gasteiger partial charge in [-0.1, -0.05) is 13.8 Å². The van der Waals surface area contributed by atoms with Gasteiger partial charge >= 0.3 is 5.97 Å². The Morgan fingerprint density at radius 3 is 2.10 bits per heavy atom. The lowest BCUT2D eigenvalue weighted by Gasteiger charge is -2.25. The molecule has 0 aromatic rings. The maximum Gasteiger partial charge on any atom is 0.310 e. The number of sulfonamides is 1. The van der Waals surface area contributed by atoms with Gasteiger partial charge in [0, 0.05) is 19.5 Å². The van der Waals surface area contributed by atoms with Crippen LogP contribution in [0.15, 0.2) is 0 Å².